The number of nitrogens with zero attached hydrogens (tertiary/aromatic N) is 1. The van der Waals surface area contributed by atoms with Gasteiger partial charge in [0.05, 0.1) is 0 Å². The van der Waals surface area contributed by atoms with Gasteiger partial charge < -0.3 is 5.73 Å². The molecule has 1 fully saturated rings. The van der Waals surface area contributed by atoms with E-state index in [9.17, 15) is 0 Å². The van der Waals surface area contributed by atoms with E-state index in [1.807, 2.05) is 0 Å². The van der Waals surface area contributed by atoms with E-state index in [1.165, 1.54) is 36.8 Å². The van der Waals surface area contributed by atoms with Crippen LogP contribution in [-0.2, 0) is 13.1 Å². The van der Waals surface area contributed by atoms with E-state index in [2.05, 4.69) is 43.1 Å². The number of benzene rings is 1. The van der Waals surface area contributed by atoms with Crippen molar-refractivity contribution in [2.24, 2.45) is 11.7 Å². The van der Waals surface area contributed by atoms with Gasteiger partial charge in [0.15, 0.2) is 0 Å². The van der Waals surface area contributed by atoms with Crippen molar-refractivity contribution in [2.45, 2.75) is 51.7 Å². The molecular formula is C16H26N2. The van der Waals surface area contributed by atoms with Gasteiger partial charge in [-0.1, -0.05) is 31.2 Å². The minimum Gasteiger partial charge on any atom is -0.326 e. The number of nitrogens with two attached hydrogens (primary N) is 1. The van der Waals surface area contributed by atoms with E-state index in [-0.39, 0.29) is 0 Å². The zero-order chi connectivity index (χ0) is 13.0. The Bertz CT molecular complexity index is 367. The number of hydrogen-bond acceptors (Lipinski definition) is 2. The van der Waals surface area contributed by atoms with Crippen molar-refractivity contribution in [1.82, 2.24) is 4.90 Å². The van der Waals surface area contributed by atoms with Crippen molar-refractivity contribution in [3.63, 3.8) is 0 Å². The summed E-state index contributed by atoms with van der Waals surface area (Å²) in [5, 5.41) is 0. The fraction of sp³-hybridized carbons (Fsp3) is 0.625. The fourth-order valence-electron chi connectivity index (χ4n) is 2.99. The highest BCUT2D eigenvalue weighted by Crippen LogP contribution is 2.27. The highest BCUT2D eigenvalue weighted by Gasteiger charge is 2.21. The summed E-state index contributed by atoms with van der Waals surface area (Å²) in [6.45, 7) is 4.05. The summed E-state index contributed by atoms with van der Waals surface area (Å²) in [4.78, 5) is 2.51. The maximum atomic E-state index is 5.80. The molecule has 0 aromatic heterocycles. The largest absolute Gasteiger partial charge is 0.326 e. The van der Waals surface area contributed by atoms with Crippen LogP contribution in [0, 0.1) is 5.92 Å². The molecule has 0 heterocycles. The third-order valence-corrected chi connectivity index (χ3v) is 4.37. The van der Waals surface area contributed by atoms with Crippen molar-refractivity contribution in [3.05, 3.63) is 35.4 Å². The SMILES string of the molecule is CC1CCC(N(C)Cc2ccccc2CN)CC1. The van der Waals surface area contributed by atoms with Gasteiger partial charge in [0.1, 0.15) is 0 Å². The molecule has 1 saturated carbocycles. The smallest absolute Gasteiger partial charge is 0.0236 e. The molecule has 0 aliphatic heterocycles. The van der Waals surface area contributed by atoms with Crippen molar-refractivity contribution in [3.8, 4) is 0 Å². The van der Waals surface area contributed by atoms with E-state index in [1.54, 1.807) is 0 Å². The average molecular weight is 246 g/mol. The third kappa shape index (κ3) is 3.33. The van der Waals surface area contributed by atoms with Crippen LogP contribution in [0.3, 0.4) is 0 Å². The zero-order valence-electron chi connectivity index (χ0n) is 11.7. The molecule has 0 bridgehead atoms. The van der Waals surface area contributed by atoms with E-state index >= 15 is 0 Å². The molecular weight excluding hydrogens is 220 g/mol. The number of rotatable bonds is 4. The molecule has 0 unspecified atom stereocenters. The minimum atomic E-state index is 0.645. The van der Waals surface area contributed by atoms with Crippen molar-refractivity contribution in [1.29, 1.82) is 0 Å². The molecule has 1 aromatic rings. The standard InChI is InChI=1S/C16H26N2/c1-13-7-9-16(10-8-13)18(2)12-15-6-4-3-5-14(15)11-17/h3-6,13,16H,7-12,17H2,1-2H3. The molecule has 0 spiro atoms. The summed E-state index contributed by atoms with van der Waals surface area (Å²) in [7, 11) is 2.26. The lowest BCUT2D eigenvalue weighted by Crippen LogP contribution is -2.34. The van der Waals surface area contributed by atoms with Gasteiger partial charge in [-0.2, -0.15) is 0 Å². The Morgan fingerprint density at radius 3 is 2.33 bits per heavy atom. The molecule has 1 aliphatic carbocycles. The van der Waals surface area contributed by atoms with E-state index < -0.39 is 0 Å². The van der Waals surface area contributed by atoms with Crippen LogP contribution in [0.1, 0.15) is 43.7 Å². The molecule has 2 N–H and O–H groups in total. The second kappa shape index (κ2) is 6.35. The highest BCUT2D eigenvalue weighted by atomic mass is 15.1. The van der Waals surface area contributed by atoms with Crippen LogP contribution in [0.25, 0.3) is 0 Å². The lowest BCUT2D eigenvalue weighted by molar-refractivity contribution is 0.163. The maximum absolute atomic E-state index is 5.80. The Kier molecular flexibility index (Phi) is 4.79. The summed E-state index contributed by atoms with van der Waals surface area (Å²) in [5.41, 5.74) is 8.48. The molecule has 0 radical (unpaired) electrons. The van der Waals surface area contributed by atoms with Gasteiger partial charge in [-0.25, -0.2) is 0 Å². The quantitative estimate of drug-likeness (QED) is 0.884. The van der Waals surface area contributed by atoms with E-state index in [0.717, 1.165) is 18.5 Å². The first-order valence-corrected chi connectivity index (χ1v) is 7.17. The van der Waals surface area contributed by atoms with Crippen molar-refractivity contribution in [2.75, 3.05) is 7.05 Å². The molecule has 2 heteroatoms. The molecule has 2 rings (SSSR count). The van der Waals surface area contributed by atoms with Crippen LogP contribution in [0.2, 0.25) is 0 Å². The molecule has 0 saturated heterocycles. The predicted molar refractivity (Wildman–Crippen MR) is 77.2 cm³/mol. The third-order valence-electron chi connectivity index (χ3n) is 4.37. The van der Waals surface area contributed by atoms with Crippen LogP contribution in [0.15, 0.2) is 24.3 Å². The summed E-state index contributed by atoms with van der Waals surface area (Å²) in [6.07, 6.45) is 5.46. The first kappa shape index (κ1) is 13.6. The zero-order valence-corrected chi connectivity index (χ0v) is 11.7. The van der Waals surface area contributed by atoms with Gasteiger partial charge in [-0.05, 0) is 49.8 Å². The van der Waals surface area contributed by atoms with Crippen LogP contribution >= 0.6 is 0 Å². The Balaban J connectivity index is 1.96. The minimum absolute atomic E-state index is 0.645. The lowest BCUT2D eigenvalue weighted by Gasteiger charge is -2.34. The van der Waals surface area contributed by atoms with Crippen molar-refractivity contribution >= 4 is 0 Å². The predicted octanol–water partition coefficient (Wildman–Crippen LogP) is 3.16. The second-order valence-electron chi connectivity index (χ2n) is 5.80. The van der Waals surface area contributed by atoms with Gasteiger partial charge in [0, 0.05) is 19.1 Å². The average Bonchev–Trinajstić information content (AvgIpc) is 2.40. The Hall–Kier alpha value is -0.860. The maximum Gasteiger partial charge on any atom is 0.0236 e. The van der Waals surface area contributed by atoms with Crippen LogP contribution in [0.5, 0.6) is 0 Å². The van der Waals surface area contributed by atoms with E-state index in [4.69, 9.17) is 5.73 Å². The first-order chi connectivity index (χ1) is 8.70. The molecule has 0 atom stereocenters. The first-order valence-electron chi connectivity index (χ1n) is 7.17. The molecule has 0 amide bonds. The molecule has 100 valence electrons. The summed E-state index contributed by atoms with van der Waals surface area (Å²) >= 11 is 0. The van der Waals surface area contributed by atoms with Crippen LogP contribution in [0.4, 0.5) is 0 Å². The molecule has 18 heavy (non-hydrogen) atoms. The summed E-state index contributed by atoms with van der Waals surface area (Å²) < 4.78 is 0. The molecule has 1 aromatic carbocycles. The summed E-state index contributed by atoms with van der Waals surface area (Å²) in [5.74, 6) is 0.922. The number of hydrogen-bond donors (Lipinski definition) is 1. The topological polar surface area (TPSA) is 29.3 Å². The second-order valence-corrected chi connectivity index (χ2v) is 5.80. The van der Waals surface area contributed by atoms with Gasteiger partial charge >= 0.3 is 0 Å². The van der Waals surface area contributed by atoms with Gasteiger partial charge in [0.25, 0.3) is 0 Å². The highest BCUT2D eigenvalue weighted by molar-refractivity contribution is 5.26. The Labute approximate surface area is 111 Å². The van der Waals surface area contributed by atoms with Crippen LogP contribution in [-0.4, -0.2) is 18.0 Å². The van der Waals surface area contributed by atoms with Gasteiger partial charge in [-0.3, -0.25) is 4.90 Å². The van der Waals surface area contributed by atoms with Crippen LogP contribution < -0.4 is 5.73 Å². The van der Waals surface area contributed by atoms with E-state index in [0.29, 0.717) is 6.54 Å². The molecule has 2 nitrogen and oxygen atoms in total. The lowest BCUT2D eigenvalue weighted by atomic mass is 9.86. The summed E-state index contributed by atoms with van der Waals surface area (Å²) in [6, 6.07) is 9.31. The fourth-order valence-corrected chi connectivity index (χ4v) is 2.99. The van der Waals surface area contributed by atoms with Crippen molar-refractivity contribution < 1.29 is 0 Å². The Morgan fingerprint density at radius 1 is 1.11 bits per heavy atom. The molecule has 1 aliphatic rings. The van der Waals surface area contributed by atoms with Gasteiger partial charge in [-0.15, -0.1) is 0 Å². The normalized spacial score (nSPS) is 24.4. The van der Waals surface area contributed by atoms with Gasteiger partial charge in [0.2, 0.25) is 0 Å². The monoisotopic (exact) mass is 246 g/mol. The Morgan fingerprint density at radius 2 is 1.72 bits per heavy atom.